The van der Waals surface area contributed by atoms with Crippen molar-refractivity contribution < 1.29 is 0 Å². The summed E-state index contributed by atoms with van der Waals surface area (Å²) in [5.41, 5.74) is 2.68. The molecule has 1 aromatic carbocycles. The molecule has 5 nitrogen and oxygen atoms in total. The molecule has 0 aliphatic rings. The van der Waals surface area contributed by atoms with Gasteiger partial charge in [0.2, 0.25) is 5.95 Å². The van der Waals surface area contributed by atoms with Crippen LogP contribution in [0.25, 0.3) is 11.4 Å². The highest BCUT2D eigenvalue weighted by Crippen LogP contribution is 2.21. The molecule has 0 aliphatic heterocycles. The molecule has 0 saturated heterocycles. The standard InChI is InChI=1S/C20H22ClN5/c1-3-14(2)24-20-25-18(17-9-4-5-10-22-17)12-19(26-20)23-13-15-7-6-8-16(21)11-15/h4-12,14H,3,13H2,1-2H3,(H2,23,24,25,26)/t14-/m0/s1. The van der Waals surface area contributed by atoms with Gasteiger partial charge in [-0.2, -0.15) is 4.98 Å². The minimum absolute atomic E-state index is 0.287. The van der Waals surface area contributed by atoms with E-state index in [4.69, 9.17) is 11.6 Å². The molecule has 0 unspecified atom stereocenters. The first-order valence-electron chi connectivity index (χ1n) is 8.69. The first-order chi connectivity index (χ1) is 12.6. The molecule has 0 amide bonds. The van der Waals surface area contributed by atoms with E-state index in [1.807, 2.05) is 48.5 Å². The predicted molar refractivity (Wildman–Crippen MR) is 107 cm³/mol. The first-order valence-corrected chi connectivity index (χ1v) is 9.07. The van der Waals surface area contributed by atoms with E-state index in [9.17, 15) is 0 Å². The quantitative estimate of drug-likeness (QED) is 0.614. The monoisotopic (exact) mass is 367 g/mol. The average molecular weight is 368 g/mol. The summed E-state index contributed by atoms with van der Waals surface area (Å²) in [6.07, 6.45) is 2.75. The SMILES string of the molecule is CC[C@H](C)Nc1nc(NCc2cccc(Cl)c2)cc(-c2ccccn2)n1. The number of anilines is 2. The second-order valence-electron chi connectivity index (χ2n) is 6.11. The van der Waals surface area contributed by atoms with Crippen molar-refractivity contribution in [2.24, 2.45) is 0 Å². The third-order valence-electron chi connectivity index (χ3n) is 4.00. The predicted octanol–water partition coefficient (Wildman–Crippen LogP) is 5.01. The minimum Gasteiger partial charge on any atom is -0.366 e. The van der Waals surface area contributed by atoms with Crippen molar-refractivity contribution >= 4 is 23.4 Å². The Morgan fingerprint density at radius 2 is 1.92 bits per heavy atom. The topological polar surface area (TPSA) is 62.7 Å². The Labute approximate surface area is 158 Å². The van der Waals surface area contributed by atoms with Gasteiger partial charge in [0.25, 0.3) is 0 Å². The summed E-state index contributed by atoms with van der Waals surface area (Å²) in [7, 11) is 0. The van der Waals surface area contributed by atoms with E-state index >= 15 is 0 Å². The molecule has 134 valence electrons. The third-order valence-corrected chi connectivity index (χ3v) is 4.24. The summed E-state index contributed by atoms with van der Waals surface area (Å²) in [6.45, 7) is 4.86. The van der Waals surface area contributed by atoms with Gasteiger partial charge in [-0.15, -0.1) is 0 Å². The van der Waals surface area contributed by atoms with Gasteiger partial charge in [-0.05, 0) is 43.2 Å². The second kappa shape index (κ2) is 8.63. The van der Waals surface area contributed by atoms with Crippen LogP contribution in [0, 0.1) is 0 Å². The number of aromatic nitrogens is 3. The molecular weight excluding hydrogens is 346 g/mol. The lowest BCUT2D eigenvalue weighted by molar-refractivity contribution is 0.753. The highest BCUT2D eigenvalue weighted by molar-refractivity contribution is 6.30. The molecule has 0 fully saturated rings. The van der Waals surface area contributed by atoms with Crippen molar-refractivity contribution in [2.75, 3.05) is 10.6 Å². The van der Waals surface area contributed by atoms with Crippen molar-refractivity contribution in [3.8, 4) is 11.4 Å². The summed E-state index contributed by atoms with van der Waals surface area (Å²) in [4.78, 5) is 13.6. The molecule has 2 aromatic heterocycles. The molecule has 26 heavy (non-hydrogen) atoms. The van der Waals surface area contributed by atoms with Gasteiger partial charge in [0, 0.05) is 29.9 Å². The Balaban J connectivity index is 1.86. The molecule has 0 spiro atoms. The lowest BCUT2D eigenvalue weighted by atomic mass is 10.2. The van der Waals surface area contributed by atoms with Gasteiger partial charge in [-0.25, -0.2) is 4.98 Å². The Bertz CT molecular complexity index is 854. The Morgan fingerprint density at radius 3 is 2.65 bits per heavy atom. The van der Waals surface area contributed by atoms with E-state index < -0.39 is 0 Å². The highest BCUT2D eigenvalue weighted by Gasteiger charge is 2.09. The van der Waals surface area contributed by atoms with E-state index in [-0.39, 0.29) is 6.04 Å². The van der Waals surface area contributed by atoms with Gasteiger partial charge in [0.05, 0.1) is 11.4 Å². The van der Waals surface area contributed by atoms with Crippen molar-refractivity contribution in [2.45, 2.75) is 32.9 Å². The van der Waals surface area contributed by atoms with Crippen LogP contribution in [0.4, 0.5) is 11.8 Å². The molecule has 3 aromatic rings. The van der Waals surface area contributed by atoms with Crippen LogP contribution in [0.15, 0.2) is 54.7 Å². The number of benzene rings is 1. The molecular formula is C20H22ClN5. The van der Waals surface area contributed by atoms with Crippen molar-refractivity contribution in [1.82, 2.24) is 15.0 Å². The van der Waals surface area contributed by atoms with Crippen LogP contribution in [0.1, 0.15) is 25.8 Å². The normalized spacial score (nSPS) is 11.8. The molecule has 6 heteroatoms. The molecule has 2 heterocycles. The number of pyridine rings is 1. The van der Waals surface area contributed by atoms with Crippen LogP contribution in [-0.2, 0) is 6.54 Å². The van der Waals surface area contributed by atoms with Gasteiger partial charge < -0.3 is 10.6 Å². The zero-order valence-corrected chi connectivity index (χ0v) is 15.7. The first kappa shape index (κ1) is 18.1. The van der Waals surface area contributed by atoms with Gasteiger partial charge >= 0.3 is 0 Å². The van der Waals surface area contributed by atoms with Gasteiger partial charge in [0.15, 0.2) is 0 Å². The lowest BCUT2D eigenvalue weighted by Gasteiger charge is -2.14. The zero-order valence-electron chi connectivity index (χ0n) is 14.9. The van der Waals surface area contributed by atoms with E-state index in [2.05, 4.69) is 39.4 Å². The van der Waals surface area contributed by atoms with Gasteiger partial charge in [-0.3, -0.25) is 4.98 Å². The molecule has 0 saturated carbocycles. The molecule has 2 N–H and O–H groups in total. The maximum atomic E-state index is 6.06. The van der Waals surface area contributed by atoms with Crippen molar-refractivity contribution in [3.63, 3.8) is 0 Å². The molecule has 0 bridgehead atoms. The summed E-state index contributed by atoms with van der Waals surface area (Å²) in [6, 6.07) is 15.7. The van der Waals surface area contributed by atoms with Crippen LogP contribution in [0.2, 0.25) is 5.02 Å². The summed E-state index contributed by atoms with van der Waals surface area (Å²) >= 11 is 6.06. The minimum atomic E-state index is 0.287. The maximum Gasteiger partial charge on any atom is 0.225 e. The van der Waals surface area contributed by atoms with E-state index in [0.29, 0.717) is 12.5 Å². The number of nitrogens with zero attached hydrogens (tertiary/aromatic N) is 3. The zero-order chi connectivity index (χ0) is 18.4. The molecule has 1 atom stereocenters. The second-order valence-corrected chi connectivity index (χ2v) is 6.55. The Kier molecular flexibility index (Phi) is 6.02. The van der Waals surface area contributed by atoms with E-state index in [0.717, 1.165) is 34.2 Å². The van der Waals surface area contributed by atoms with E-state index in [1.165, 1.54) is 0 Å². The number of rotatable bonds is 7. The Hall–Kier alpha value is -2.66. The number of nitrogens with one attached hydrogen (secondary N) is 2. The van der Waals surface area contributed by atoms with Crippen LogP contribution < -0.4 is 10.6 Å². The Morgan fingerprint density at radius 1 is 1.04 bits per heavy atom. The third kappa shape index (κ3) is 4.92. The summed E-state index contributed by atoms with van der Waals surface area (Å²) in [5, 5.41) is 7.41. The summed E-state index contributed by atoms with van der Waals surface area (Å²) < 4.78 is 0. The largest absolute Gasteiger partial charge is 0.366 e. The number of halogens is 1. The van der Waals surface area contributed by atoms with Crippen LogP contribution in [0.3, 0.4) is 0 Å². The van der Waals surface area contributed by atoms with Crippen molar-refractivity contribution in [1.29, 1.82) is 0 Å². The van der Waals surface area contributed by atoms with Crippen LogP contribution in [-0.4, -0.2) is 21.0 Å². The average Bonchev–Trinajstić information content (AvgIpc) is 2.67. The van der Waals surface area contributed by atoms with E-state index in [1.54, 1.807) is 6.20 Å². The highest BCUT2D eigenvalue weighted by atomic mass is 35.5. The van der Waals surface area contributed by atoms with Crippen LogP contribution >= 0.6 is 11.6 Å². The van der Waals surface area contributed by atoms with Gasteiger partial charge in [-0.1, -0.05) is 36.7 Å². The fourth-order valence-corrected chi connectivity index (χ4v) is 2.62. The fraction of sp³-hybridized carbons (Fsp3) is 0.250. The lowest BCUT2D eigenvalue weighted by Crippen LogP contribution is -2.16. The smallest absolute Gasteiger partial charge is 0.225 e. The number of hydrogen-bond acceptors (Lipinski definition) is 5. The molecule has 0 radical (unpaired) electrons. The number of hydrogen-bond donors (Lipinski definition) is 2. The van der Waals surface area contributed by atoms with Crippen LogP contribution in [0.5, 0.6) is 0 Å². The molecule has 3 rings (SSSR count). The fourth-order valence-electron chi connectivity index (χ4n) is 2.41. The van der Waals surface area contributed by atoms with Crippen molar-refractivity contribution in [3.05, 3.63) is 65.3 Å². The summed E-state index contributed by atoms with van der Waals surface area (Å²) in [5.74, 6) is 1.34. The maximum absolute atomic E-state index is 6.06. The molecule has 0 aliphatic carbocycles. The van der Waals surface area contributed by atoms with Gasteiger partial charge in [0.1, 0.15) is 5.82 Å².